The molecular weight excluding hydrogens is 186 g/mol. The zero-order chi connectivity index (χ0) is 11.9. The van der Waals surface area contributed by atoms with Crippen LogP contribution in [0.25, 0.3) is 0 Å². The van der Waals surface area contributed by atoms with Gasteiger partial charge >= 0.3 is 0 Å². The van der Waals surface area contributed by atoms with Crippen LogP contribution >= 0.6 is 0 Å². The lowest BCUT2D eigenvalue weighted by Crippen LogP contribution is -2.49. The van der Waals surface area contributed by atoms with Crippen LogP contribution < -0.4 is 5.73 Å². The first-order valence-corrected chi connectivity index (χ1v) is 5.91. The average Bonchev–Trinajstić information content (AvgIpc) is 2.23. The monoisotopic (exact) mass is 211 g/mol. The lowest BCUT2D eigenvalue weighted by Gasteiger charge is -2.32. The van der Waals surface area contributed by atoms with Gasteiger partial charge in [-0.15, -0.1) is 0 Å². The molecule has 0 aromatic rings. The molecule has 2 N–H and O–H groups in total. The Morgan fingerprint density at radius 2 is 2.07 bits per heavy atom. The molecule has 88 valence electrons. The minimum Gasteiger partial charge on any atom is -0.313 e. The van der Waals surface area contributed by atoms with Gasteiger partial charge in [-0.3, -0.25) is 4.90 Å². The Balaban J connectivity index is 4.31. The van der Waals surface area contributed by atoms with E-state index in [4.69, 9.17) is 11.0 Å². The summed E-state index contributed by atoms with van der Waals surface area (Å²) in [7, 11) is 0. The zero-order valence-corrected chi connectivity index (χ0v) is 10.6. The number of hydrogen-bond acceptors (Lipinski definition) is 3. The van der Waals surface area contributed by atoms with E-state index in [2.05, 4.69) is 31.7 Å². The molecule has 0 bridgehead atoms. The summed E-state index contributed by atoms with van der Waals surface area (Å²) in [5, 5.41) is 8.92. The second-order valence-corrected chi connectivity index (χ2v) is 4.61. The molecular formula is C12H25N3. The van der Waals surface area contributed by atoms with Gasteiger partial charge in [0.05, 0.1) is 6.07 Å². The molecule has 0 aliphatic heterocycles. The zero-order valence-electron chi connectivity index (χ0n) is 10.6. The summed E-state index contributed by atoms with van der Waals surface area (Å²) in [6.45, 7) is 10.1. The molecule has 3 heteroatoms. The molecule has 0 aliphatic carbocycles. The summed E-state index contributed by atoms with van der Waals surface area (Å²) in [5.74, 6) is 0. The molecule has 0 amide bonds. The quantitative estimate of drug-likeness (QED) is 0.702. The molecule has 2 unspecified atom stereocenters. The highest BCUT2D eigenvalue weighted by molar-refractivity contribution is 5.03. The first kappa shape index (κ1) is 14.4. The summed E-state index contributed by atoms with van der Waals surface area (Å²) < 4.78 is 0. The Labute approximate surface area is 94.2 Å². The van der Waals surface area contributed by atoms with Gasteiger partial charge in [0, 0.05) is 12.6 Å². The molecule has 0 heterocycles. The number of nitriles is 1. The molecule has 0 aromatic heterocycles. The van der Waals surface area contributed by atoms with Gasteiger partial charge in [-0.05, 0) is 33.2 Å². The van der Waals surface area contributed by atoms with Crippen molar-refractivity contribution in [3.8, 4) is 6.07 Å². The highest BCUT2D eigenvalue weighted by atomic mass is 15.2. The van der Waals surface area contributed by atoms with Gasteiger partial charge in [-0.2, -0.15) is 5.26 Å². The van der Waals surface area contributed by atoms with E-state index in [0.717, 1.165) is 13.0 Å². The van der Waals surface area contributed by atoms with Crippen LogP contribution in [0.4, 0.5) is 0 Å². The highest BCUT2D eigenvalue weighted by Gasteiger charge is 2.23. The van der Waals surface area contributed by atoms with Crippen molar-refractivity contribution in [2.75, 3.05) is 13.1 Å². The van der Waals surface area contributed by atoms with Gasteiger partial charge in [0.1, 0.15) is 5.54 Å². The van der Waals surface area contributed by atoms with Crippen molar-refractivity contribution in [3.05, 3.63) is 0 Å². The molecule has 0 saturated heterocycles. The van der Waals surface area contributed by atoms with Gasteiger partial charge in [-0.25, -0.2) is 0 Å². The van der Waals surface area contributed by atoms with Crippen LogP contribution in [0, 0.1) is 11.3 Å². The van der Waals surface area contributed by atoms with Crippen LogP contribution in [0.3, 0.4) is 0 Å². The Bertz CT molecular complexity index is 205. The molecule has 2 atom stereocenters. The normalized spacial score (nSPS) is 17.1. The van der Waals surface area contributed by atoms with E-state index in [1.54, 1.807) is 6.92 Å². The number of rotatable bonds is 7. The van der Waals surface area contributed by atoms with E-state index < -0.39 is 5.54 Å². The van der Waals surface area contributed by atoms with Gasteiger partial charge < -0.3 is 5.73 Å². The van der Waals surface area contributed by atoms with Crippen molar-refractivity contribution in [1.29, 1.82) is 5.26 Å². The van der Waals surface area contributed by atoms with Crippen molar-refractivity contribution in [2.24, 2.45) is 5.73 Å². The smallest absolute Gasteiger partial charge is 0.114 e. The third kappa shape index (κ3) is 5.76. The molecule has 0 aliphatic rings. The topological polar surface area (TPSA) is 53.0 Å². The fourth-order valence-corrected chi connectivity index (χ4v) is 1.53. The van der Waals surface area contributed by atoms with Crippen molar-refractivity contribution in [2.45, 2.75) is 58.5 Å². The van der Waals surface area contributed by atoms with Crippen LogP contribution in [0.15, 0.2) is 0 Å². The van der Waals surface area contributed by atoms with Crippen LogP contribution in [-0.2, 0) is 0 Å². The van der Waals surface area contributed by atoms with Crippen molar-refractivity contribution < 1.29 is 0 Å². The first-order chi connectivity index (χ1) is 6.96. The minimum atomic E-state index is -0.725. The molecule has 0 spiro atoms. The van der Waals surface area contributed by atoms with E-state index in [1.807, 2.05) is 0 Å². The fourth-order valence-electron chi connectivity index (χ4n) is 1.53. The molecule has 0 aromatic carbocycles. The second kappa shape index (κ2) is 6.81. The van der Waals surface area contributed by atoms with Crippen LogP contribution in [0.5, 0.6) is 0 Å². The van der Waals surface area contributed by atoms with Crippen LogP contribution in [-0.4, -0.2) is 29.6 Å². The standard InChI is InChI=1S/C12H25N3/c1-5-7-8-15(11(3)6-2)10-12(4,14)9-13/h11H,5-8,10,14H2,1-4H3. The van der Waals surface area contributed by atoms with Gasteiger partial charge in [-0.1, -0.05) is 20.3 Å². The third-order valence-electron chi connectivity index (χ3n) is 2.80. The Morgan fingerprint density at radius 1 is 1.47 bits per heavy atom. The minimum absolute atomic E-state index is 0.507. The summed E-state index contributed by atoms with van der Waals surface area (Å²) >= 11 is 0. The summed E-state index contributed by atoms with van der Waals surface area (Å²) in [6, 6.07) is 2.67. The molecule has 0 radical (unpaired) electrons. The Morgan fingerprint density at radius 3 is 2.47 bits per heavy atom. The van der Waals surface area contributed by atoms with E-state index in [0.29, 0.717) is 12.6 Å². The molecule has 0 fully saturated rings. The van der Waals surface area contributed by atoms with Crippen molar-refractivity contribution in [3.63, 3.8) is 0 Å². The lowest BCUT2D eigenvalue weighted by atomic mass is 10.0. The maximum absolute atomic E-state index is 8.92. The number of hydrogen-bond donors (Lipinski definition) is 1. The van der Waals surface area contributed by atoms with Gasteiger partial charge in [0.25, 0.3) is 0 Å². The SMILES string of the molecule is CCCCN(CC(C)(N)C#N)C(C)CC. The van der Waals surface area contributed by atoms with E-state index >= 15 is 0 Å². The third-order valence-corrected chi connectivity index (χ3v) is 2.80. The van der Waals surface area contributed by atoms with E-state index in [9.17, 15) is 0 Å². The number of unbranched alkanes of at least 4 members (excludes halogenated alkanes) is 1. The predicted octanol–water partition coefficient (Wildman–Crippen LogP) is 2.13. The van der Waals surface area contributed by atoms with E-state index in [-0.39, 0.29) is 0 Å². The fraction of sp³-hybridized carbons (Fsp3) is 0.917. The van der Waals surface area contributed by atoms with Crippen LogP contribution in [0.1, 0.15) is 47.0 Å². The summed E-state index contributed by atoms with van der Waals surface area (Å²) in [4.78, 5) is 2.33. The van der Waals surface area contributed by atoms with Crippen molar-refractivity contribution >= 4 is 0 Å². The second-order valence-electron chi connectivity index (χ2n) is 4.61. The largest absolute Gasteiger partial charge is 0.313 e. The molecule has 0 saturated carbocycles. The van der Waals surface area contributed by atoms with Gasteiger partial charge in [0.2, 0.25) is 0 Å². The lowest BCUT2D eigenvalue weighted by molar-refractivity contribution is 0.177. The summed E-state index contributed by atoms with van der Waals surface area (Å²) in [6.07, 6.45) is 3.46. The maximum atomic E-state index is 8.92. The highest BCUT2D eigenvalue weighted by Crippen LogP contribution is 2.10. The maximum Gasteiger partial charge on any atom is 0.114 e. The average molecular weight is 211 g/mol. The number of nitrogens with two attached hydrogens (primary N) is 1. The van der Waals surface area contributed by atoms with E-state index in [1.165, 1.54) is 12.8 Å². The molecule has 0 rings (SSSR count). The Kier molecular flexibility index (Phi) is 6.55. The number of nitrogens with zero attached hydrogens (tertiary/aromatic N) is 2. The van der Waals surface area contributed by atoms with Crippen molar-refractivity contribution in [1.82, 2.24) is 4.90 Å². The van der Waals surface area contributed by atoms with Crippen LogP contribution in [0.2, 0.25) is 0 Å². The first-order valence-electron chi connectivity index (χ1n) is 5.91. The Hall–Kier alpha value is -0.590. The summed E-state index contributed by atoms with van der Waals surface area (Å²) in [5.41, 5.74) is 5.15. The van der Waals surface area contributed by atoms with Gasteiger partial charge in [0.15, 0.2) is 0 Å². The molecule has 3 nitrogen and oxygen atoms in total. The molecule has 15 heavy (non-hydrogen) atoms. The predicted molar refractivity (Wildman–Crippen MR) is 64.4 cm³/mol.